The number of hydrogen-bond acceptors (Lipinski definition) is 6. The Bertz CT molecular complexity index is 785. The van der Waals surface area contributed by atoms with Crippen LogP contribution in [0.2, 0.25) is 0 Å². The molecule has 4 rings (SSSR count). The standard InChI is InChI=1S/C20H25N5O2/c26-19(17-9-10-21-20(24-17)22-15-5-1-2-6-15)23-16-7-3-4-8-18(16)25-11-13-27-14-12-25/h3-4,7-10,15H,1-2,5-6,11-14H2,(H,23,26)(H,21,22,24). The van der Waals surface area contributed by atoms with Crippen molar-refractivity contribution < 1.29 is 9.53 Å². The molecule has 27 heavy (non-hydrogen) atoms. The number of ether oxygens (including phenoxy) is 1. The van der Waals surface area contributed by atoms with Gasteiger partial charge in [0, 0.05) is 25.3 Å². The number of amides is 1. The second kappa shape index (κ2) is 8.35. The number of nitrogens with zero attached hydrogens (tertiary/aromatic N) is 3. The van der Waals surface area contributed by atoms with Gasteiger partial charge in [0.1, 0.15) is 5.69 Å². The van der Waals surface area contributed by atoms with Crippen LogP contribution < -0.4 is 15.5 Å². The molecule has 1 amide bonds. The first-order valence-electron chi connectivity index (χ1n) is 9.62. The number of aromatic nitrogens is 2. The highest BCUT2D eigenvalue weighted by molar-refractivity contribution is 6.04. The van der Waals surface area contributed by atoms with E-state index in [0.717, 1.165) is 37.3 Å². The highest BCUT2D eigenvalue weighted by atomic mass is 16.5. The summed E-state index contributed by atoms with van der Waals surface area (Å²) in [6, 6.07) is 9.90. The molecule has 1 aromatic heterocycles. The summed E-state index contributed by atoms with van der Waals surface area (Å²) in [5, 5.41) is 6.34. The molecule has 0 atom stereocenters. The van der Waals surface area contributed by atoms with Gasteiger partial charge in [-0.15, -0.1) is 0 Å². The minimum Gasteiger partial charge on any atom is -0.378 e. The summed E-state index contributed by atoms with van der Waals surface area (Å²) in [6.45, 7) is 3.03. The fraction of sp³-hybridized carbons (Fsp3) is 0.450. The lowest BCUT2D eigenvalue weighted by Gasteiger charge is -2.30. The molecular weight excluding hydrogens is 342 g/mol. The summed E-state index contributed by atoms with van der Waals surface area (Å²) in [6.07, 6.45) is 6.36. The Morgan fingerprint density at radius 3 is 2.70 bits per heavy atom. The molecule has 0 radical (unpaired) electrons. The van der Waals surface area contributed by atoms with Crippen molar-refractivity contribution in [1.29, 1.82) is 0 Å². The van der Waals surface area contributed by atoms with Gasteiger partial charge >= 0.3 is 0 Å². The Morgan fingerprint density at radius 1 is 1.11 bits per heavy atom. The van der Waals surface area contributed by atoms with Crippen molar-refractivity contribution in [3.8, 4) is 0 Å². The summed E-state index contributed by atoms with van der Waals surface area (Å²) in [4.78, 5) is 23.7. The van der Waals surface area contributed by atoms with Crippen LogP contribution in [0.4, 0.5) is 17.3 Å². The third-order valence-corrected chi connectivity index (χ3v) is 5.08. The highest BCUT2D eigenvalue weighted by Gasteiger charge is 2.18. The van der Waals surface area contributed by atoms with E-state index in [1.54, 1.807) is 12.3 Å². The van der Waals surface area contributed by atoms with Crippen molar-refractivity contribution in [2.45, 2.75) is 31.7 Å². The van der Waals surface area contributed by atoms with Gasteiger partial charge in [-0.2, -0.15) is 0 Å². The van der Waals surface area contributed by atoms with E-state index in [1.807, 2.05) is 24.3 Å². The van der Waals surface area contributed by atoms with Crippen LogP contribution >= 0.6 is 0 Å². The SMILES string of the molecule is O=C(Nc1ccccc1N1CCOCC1)c1ccnc(NC2CCCC2)n1. The molecule has 1 saturated heterocycles. The smallest absolute Gasteiger partial charge is 0.274 e. The number of para-hydroxylation sites is 2. The molecule has 142 valence electrons. The number of morpholine rings is 1. The predicted octanol–water partition coefficient (Wildman–Crippen LogP) is 2.92. The van der Waals surface area contributed by atoms with Crippen LogP contribution in [-0.2, 0) is 4.74 Å². The number of anilines is 3. The van der Waals surface area contributed by atoms with Crippen LogP contribution in [0.1, 0.15) is 36.2 Å². The first kappa shape index (κ1) is 17.7. The van der Waals surface area contributed by atoms with Crippen LogP contribution in [0.5, 0.6) is 0 Å². The summed E-state index contributed by atoms with van der Waals surface area (Å²) >= 11 is 0. The summed E-state index contributed by atoms with van der Waals surface area (Å²) in [7, 11) is 0. The largest absolute Gasteiger partial charge is 0.378 e. The van der Waals surface area contributed by atoms with Crippen LogP contribution in [0, 0.1) is 0 Å². The zero-order valence-electron chi connectivity index (χ0n) is 15.4. The zero-order chi connectivity index (χ0) is 18.5. The fourth-order valence-electron chi connectivity index (χ4n) is 3.65. The van der Waals surface area contributed by atoms with E-state index in [4.69, 9.17) is 4.74 Å². The van der Waals surface area contributed by atoms with Crippen molar-refractivity contribution in [3.63, 3.8) is 0 Å². The van der Waals surface area contributed by atoms with Gasteiger partial charge in [-0.25, -0.2) is 9.97 Å². The zero-order valence-corrected chi connectivity index (χ0v) is 15.4. The average molecular weight is 367 g/mol. The van der Waals surface area contributed by atoms with E-state index in [2.05, 4.69) is 25.5 Å². The van der Waals surface area contributed by atoms with Gasteiger partial charge in [-0.1, -0.05) is 25.0 Å². The third kappa shape index (κ3) is 4.36. The van der Waals surface area contributed by atoms with Gasteiger partial charge in [-0.05, 0) is 31.0 Å². The monoisotopic (exact) mass is 367 g/mol. The van der Waals surface area contributed by atoms with Crippen LogP contribution in [-0.4, -0.2) is 48.2 Å². The Balaban J connectivity index is 1.47. The maximum atomic E-state index is 12.8. The number of hydrogen-bond donors (Lipinski definition) is 2. The van der Waals surface area contributed by atoms with E-state index < -0.39 is 0 Å². The van der Waals surface area contributed by atoms with E-state index in [-0.39, 0.29) is 5.91 Å². The van der Waals surface area contributed by atoms with Crippen LogP contribution in [0.25, 0.3) is 0 Å². The number of rotatable bonds is 5. The minimum atomic E-state index is -0.229. The summed E-state index contributed by atoms with van der Waals surface area (Å²) < 4.78 is 5.43. The Morgan fingerprint density at radius 2 is 1.89 bits per heavy atom. The molecule has 2 N–H and O–H groups in total. The third-order valence-electron chi connectivity index (χ3n) is 5.08. The molecule has 1 aromatic carbocycles. The van der Waals surface area contributed by atoms with E-state index in [9.17, 15) is 4.79 Å². The number of nitrogens with one attached hydrogen (secondary N) is 2. The number of carbonyl (C=O) groups is 1. The molecule has 7 nitrogen and oxygen atoms in total. The normalized spacial score (nSPS) is 17.7. The lowest BCUT2D eigenvalue weighted by atomic mass is 10.2. The average Bonchev–Trinajstić information content (AvgIpc) is 3.22. The van der Waals surface area contributed by atoms with Crippen molar-refractivity contribution in [3.05, 3.63) is 42.2 Å². The maximum absolute atomic E-state index is 12.8. The van der Waals surface area contributed by atoms with E-state index in [0.29, 0.717) is 30.9 Å². The number of benzene rings is 1. The molecule has 0 spiro atoms. The molecule has 2 heterocycles. The van der Waals surface area contributed by atoms with Gasteiger partial charge in [0.05, 0.1) is 24.6 Å². The lowest BCUT2D eigenvalue weighted by molar-refractivity contribution is 0.102. The van der Waals surface area contributed by atoms with Crippen molar-refractivity contribution in [1.82, 2.24) is 9.97 Å². The molecule has 1 aliphatic heterocycles. The first-order valence-corrected chi connectivity index (χ1v) is 9.62. The first-order chi connectivity index (χ1) is 13.3. The molecule has 2 aromatic rings. The van der Waals surface area contributed by atoms with Crippen molar-refractivity contribution in [2.24, 2.45) is 0 Å². The topological polar surface area (TPSA) is 79.4 Å². The molecule has 1 saturated carbocycles. The van der Waals surface area contributed by atoms with E-state index in [1.165, 1.54) is 12.8 Å². The Kier molecular flexibility index (Phi) is 5.48. The summed E-state index contributed by atoms with van der Waals surface area (Å²) in [5.74, 6) is 0.295. The Labute approximate surface area is 159 Å². The molecular formula is C20H25N5O2. The molecule has 1 aliphatic carbocycles. The van der Waals surface area contributed by atoms with Crippen LogP contribution in [0.15, 0.2) is 36.5 Å². The molecule has 0 unspecified atom stereocenters. The second-order valence-corrected chi connectivity index (χ2v) is 6.96. The van der Waals surface area contributed by atoms with Crippen molar-refractivity contribution >= 4 is 23.2 Å². The van der Waals surface area contributed by atoms with E-state index >= 15 is 0 Å². The molecule has 7 heteroatoms. The Hall–Kier alpha value is -2.67. The van der Waals surface area contributed by atoms with Crippen LogP contribution in [0.3, 0.4) is 0 Å². The minimum absolute atomic E-state index is 0.229. The highest BCUT2D eigenvalue weighted by Crippen LogP contribution is 2.27. The molecule has 2 fully saturated rings. The molecule has 0 bridgehead atoms. The second-order valence-electron chi connectivity index (χ2n) is 6.96. The quantitative estimate of drug-likeness (QED) is 0.846. The van der Waals surface area contributed by atoms with Gasteiger partial charge in [0.2, 0.25) is 5.95 Å². The lowest BCUT2D eigenvalue weighted by Crippen LogP contribution is -2.36. The fourth-order valence-corrected chi connectivity index (χ4v) is 3.65. The predicted molar refractivity (Wildman–Crippen MR) is 105 cm³/mol. The van der Waals surface area contributed by atoms with Gasteiger partial charge in [0.25, 0.3) is 5.91 Å². The van der Waals surface area contributed by atoms with Crippen molar-refractivity contribution in [2.75, 3.05) is 41.8 Å². The van der Waals surface area contributed by atoms with Gasteiger partial charge < -0.3 is 20.3 Å². The molecule has 2 aliphatic rings. The number of carbonyl (C=O) groups excluding carboxylic acids is 1. The van der Waals surface area contributed by atoms with Gasteiger partial charge in [-0.3, -0.25) is 4.79 Å². The van der Waals surface area contributed by atoms with Gasteiger partial charge in [0.15, 0.2) is 0 Å². The summed E-state index contributed by atoms with van der Waals surface area (Å²) in [5.41, 5.74) is 2.16. The maximum Gasteiger partial charge on any atom is 0.274 e.